The number of hydrogen-bond acceptors (Lipinski definition) is 2. The van der Waals surface area contributed by atoms with Crippen molar-refractivity contribution in [1.82, 2.24) is 9.55 Å². The second kappa shape index (κ2) is 5.65. The van der Waals surface area contributed by atoms with Crippen LogP contribution in [0.4, 0.5) is 4.39 Å². The first-order valence-corrected chi connectivity index (χ1v) is 6.08. The Hall–Kier alpha value is -2.17. The molecule has 0 aliphatic heterocycles. The highest BCUT2D eigenvalue weighted by Gasteiger charge is 2.08. The maximum absolute atomic E-state index is 14.0. The van der Waals surface area contributed by atoms with Gasteiger partial charge >= 0.3 is 5.97 Å². The number of imidazole rings is 1. The molecule has 0 spiro atoms. The van der Waals surface area contributed by atoms with Crippen LogP contribution in [0.1, 0.15) is 24.2 Å². The number of carbonyl (C=O) groups is 1. The molecule has 19 heavy (non-hydrogen) atoms. The summed E-state index contributed by atoms with van der Waals surface area (Å²) in [6.45, 7) is 1.81. The lowest BCUT2D eigenvalue weighted by molar-refractivity contribution is -0.137. The van der Waals surface area contributed by atoms with E-state index in [0.29, 0.717) is 18.5 Å². The highest BCUT2D eigenvalue weighted by Crippen LogP contribution is 2.17. The molecular formula is C14H15FN2O2. The monoisotopic (exact) mass is 262 g/mol. The molecule has 100 valence electrons. The SMILES string of the molecule is Cc1nccn1-c1ccc(CCCC(=O)O)cc1F. The van der Waals surface area contributed by atoms with Gasteiger partial charge in [-0.05, 0) is 37.5 Å². The zero-order valence-corrected chi connectivity index (χ0v) is 10.6. The van der Waals surface area contributed by atoms with Crippen LogP contribution in [0.3, 0.4) is 0 Å². The number of carboxylic acids is 1. The van der Waals surface area contributed by atoms with Crippen molar-refractivity contribution in [1.29, 1.82) is 0 Å². The largest absolute Gasteiger partial charge is 0.481 e. The molecule has 0 unspecified atom stereocenters. The van der Waals surface area contributed by atoms with Crippen molar-refractivity contribution < 1.29 is 14.3 Å². The summed E-state index contributed by atoms with van der Waals surface area (Å²) in [6.07, 6.45) is 4.50. The first kappa shape index (κ1) is 13.3. The van der Waals surface area contributed by atoms with Gasteiger partial charge in [0.25, 0.3) is 0 Å². The van der Waals surface area contributed by atoms with Crippen molar-refractivity contribution in [3.8, 4) is 5.69 Å². The molecule has 0 bridgehead atoms. The number of aromatic nitrogens is 2. The molecule has 1 aromatic heterocycles. The molecule has 0 aliphatic rings. The summed E-state index contributed by atoms with van der Waals surface area (Å²) < 4.78 is 15.7. The molecule has 1 N–H and O–H groups in total. The second-order valence-electron chi connectivity index (χ2n) is 4.38. The zero-order chi connectivity index (χ0) is 13.8. The minimum absolute atomic E-state index is 0.101. The van der Waals surface area contributed by atoms with E-state index >= 15 is 0 Å². The fourth-order valence-electron chi connectivity index (χ4n) is 1.98. The van der Waals surface area contributed by atoms with E-state index in [-0.39, 0.29) is 12.2 Å². The molecule has 2 rings (SSSR count). The Bertz CT molecular complexity index is 593. The molecule has 0 aliphatic carbocycles. The van der Waals surface area contributed by atoms with Crippen molar-refractivity contribution in [2.45, 2.75) is 26.2 Å². The van der Waals surface area contributed by atoms with Crippen LogP contribution in [-0.4, -0.2) is 20.6 Å². The van der Waals surface area contributed by atoms with E-state index in [4.69, 9.17) is 5.11 Å². The number of carboxylic acid groups (broad SMARTS) is 1. The van der Waals surface area contributed by atoms with E-state index in [1.807, 2.05) is 6.07 Å². The van der Waals surface area contributed by atoms with Crippen LogP contribution in [0.15, 0.2) is 30.6 Å². The standard InChI is InChI=1S/C14H15FN2O2/c1-10-16-7-8-17(10)13-6-5-11(9-12(13)15)3-2-4-14(18)19/h5-9H,2-4H2,1H3,(H,18,19). The molecule has 1 heterocycles. The molecule has 0 saturated carbocycles. The van der Waals surface area contributed by atoms with Crippen LogP contribution in [0.5, 0.6) is 0 Å². The van der Waals surface area contributed by atoms with Crippen molar-refractivity contribution >= 4 is 5.97 Å². The fourth-order valence-corrected chi connectivity index (χ4v) is 1.98. The summed E-state index contributed by atoms with van der Waals surface area (Å²) in [5.74, 6) is -0.433. The maximum atomic E-state index is 14.0. The van der Waals surface area contributed by atoms with Gasteiger partial charge in [0.2, 0.25) is 0 Å². The quantitative estimate of drug-likeness (QED) is 0.901. The number of nitrogens with zero attached hydrogens (tertiary/aromatic N) is 2. The molecule has 2 aromatic rings. The Kier molecular flexibility index (Phi) is 3.94. The van der Waals surface area contributed by atoms with Crippen molar-refractivity contribution in [2.24, 2.45) is 0 Å². The van der Waals surface area contributed by atoms with E-state index in [1.165, 1.54) is 6.07 Å². The van der Waals surface area contributed by atoms with E-state index in [2.05, 4.69) is 4.98 Å². The van der Waals surface area contributed by atoms with Gasteiger partial charge in [0.05, 0.1) is 5.69 Å². The van der Waals surface area contributed by atoms with E-state index in [9.17, 15) is 9.18 Å². The van der Waals surface area contributed by atoms with Gasteiger partial charge in [0.1, 0.15) is 11.6 Å². The summed E-state index contributed by atoms with van der Waals surface area (Å²) >= 11 is 0. The topological polar surface area (TPSA) is 55.1 Å². The lowest BCUT2D eigenvalue weighted by Crippen LogP contribution is -2.01. The third-order valence-electron chi connectivity index (χ3n) is 2.95. The predicted octanol–water partition coefficient (Wildman–Crippen LogP) is 2.73. The zero-order valence-electron chi connectivity index (χ0n) is 10.6. The first-order chi connectivity index (χ1) is 9.08. The van der Waals surface area contributed by atoms with Gasteiger partial charge < -0.3 is 9.67 Å². The van der Waals surface area contributed by atoms with Gasteiger partial charge in [-0.15, -0.1) is 0 Å². The van der Waals surface area contributed by atoms with Gasteiger partial charge in [-0.1, -0.05) is 6.07 Å². The lowest BCUT2D eigenvalue weighted by Gasteiger charge is -2.08. The van der Waals surface area contributed by atoms with Crippen LogP contribution in [-0.2, 0) is 11.2 Å². The lowest BCUT2D eigenvalue weighted by atomic mass is 10.1. The number of aliphatic carboxylic acids is 1. The summed E-state index contributed by atoms with van der Waals surface area (Å²) in [6, 6.07) is 4.97. The van der Waals surface area contributed by atoms with E-state index in [1.54, 1.807) is 30.0 Å². The normalized spacial score (nSPS) is 10.6. The predicted molar refractivity (Wildman–Crippen MR) is 68.8 cm³/mol. The van der Waals surface area contributed by atoms with Crippen LogP contribution in [0.25, 0.3) is 5.69 Å². The summed E-state index contributed by atoms with van der Waals surface area (Å²) in [5.41, 5.74) is 1.26. The number of hydrogen-bond donors (Lipinski definition) is 1. The highest BCUT2D eigenvalue weighted by molar-refractivity contribution is 5.66. The molecule has 4 nitrogen and oxygen atoms in total. The minimum atomic E-state index is -0.828. The third kappa shape index (κ3) is 3.19. The average Bonchev–Trinajstić information content (AvgIpc) is 2.75. The molecule has 0 fully saturated rings. The Morgan fingerprint density at radius 2 is 2.26 bits per heavy atom. The van der Waals surface area contributed by atoms with Crippen molar-refractivity contribution in [2.75, 3.05) is 0 Å². The summed E-state index contributed by atoms with van der Waals surface area (Å²) in [5, 5.41) is 8.56. The third-order valence-corrected chi connectivity index (χ3v) is 2.95. The van der Waals surface area contributed by atoms with Crippen molar-refractivity contribution in [3.63, 3.8) is 0 Å². The minimum Gasteiger partial charge on any atom is -0.481 e. The fraction of sp³-hybridized carbons (Fsp3) is 0.286. The molecule has 5 heteroatoms. The first-order valence-electron chi connectivity index (χ1n) is 6.08. The molecule has 0 saturated heterocycles. The number of rotatable bonds is 5. The van der Waals surface area contributed by atoms with Gasteiger partial charge in [-0.25, -0.2) is 9.37 Å². The van der Waals surface area contributed by atoms with Gasteiger partial charge in [0, 0.05) is 18.8 Å². The Balaban J connectivity index is 2.14. The van der Waals surface area contributed by atoms with Gasteiger partial charge in [-0.2, -0.15) is 0 Å². The van der Waals surface area contributed by atoms with E-state index in [0.717, 1.165) is 11.4 Å². The summed E-state index contributed by atoms with van der Waals surface area (Å²) in [7, 11) is 0. The van der Waals surface area contributed by atoms with Gasteiger partial charge in [-0.3, -0.25) is 4.79 Å². The Morgan fingerprint density at radius 3 is 2.84 bits per heavy atom. The molecule has 1 aromatic carbocycles. The Labute approximate surface area is 110 Å². The van der Waals surface area contributed by atoms with Crippen LogP contribution in [0.2, 0.25) is 0 Å². The molecule has 0 atom stereocenters. The van der Waals surface area contributed by atoms with Gasteiger partial charge in [0.15, 0.2) is 0 Å². The molecular weight excluding hydrogens is 247 g/mol. The number of halogens is 1. The Morgan fingerprint density at radius 1 is 1.47 bits per heavy atom. The smallest absolute Gasteiger partial charge is 0.303 e. The van der Waals surface area contributed by atoms with E-state index < -0.39 is 5.97 Å². The molecule has 0 amide bonds. The average molecular weight is 262 g/mol. The van der Waals surface area contributed by atoms with Crippen LogP contribution < -0.4 is 0 Å². The second-order valence-corrected chi connectivity index (χ2v) is 4.38. The van der Waals surface area contributed by atoms with Crippen LogP contribution >= 0.6 is 0 Å². The number of aryl methyl sites for hydroxylation is 2. The summed E-state index contributed by atoms with van der Waals surface area (Å²) in [4.78, 5) is 14.5. The number of benzene rings is 1. The van der Waals surface area contributed by atoms with Crippen molar-refractivity contribution in [3.05, 3.63) is 47.8 Å². The maximum Gasteiger partial charge on any atom is 0.303 e. The highest BCUT2D eigenvalue weighted by atomic mass is 19.1. The molecule has 0 radical (unpaired) electrons. The van der Waals surface area contributed by atoms with Crippen LogP contribution in [0, 0.1) is 12.7 Å².